The number of methoxy groups -OCH3 is 1. The number of nitrogens with zero attached hydrogens (tertiary/aromatic N) is 2. The SMILES string of the molecule is COC(CF)CN(CCCCc1ccc2c(n1)NCCC2)CCC(NC(=O)Cc1ccccc1)C(=O)O. The van der Waals surface area contributed by atoms with Gasteiger partial charge in [-0.2, -0.15) is 0 Å². The van der Waals surface area contributed by atoms with Crippen LogP contribution >= 0.6 is 0 Å². The molecule has 0 bridgehead atoms. The third-order valence-electron chi connectivity index (χ3n) is 6.65. The summed E-state index contributed by atoms with van der Waals surface area (Å²) in [5, 5.41) is 15.7. The first-order valence-electron chi connectivity index (χ1n) is 13.1. The summed E-state index contributed by atoms with van der Waals surface area (Å²) >= 11 is 0. The van der Waals surface area contributed by atoms with Gasteiger partial charge >= 0.3 is 5.97 Å². The average Bonchev–Trinajstić information content (AvgIpc) is 2.91. The number of hydrogen-bond donors (Lipinski definition) is 3. The molecule has 2 aromatic rings. The molecular formula is C28H39FN4O4. The van der Waals surface area contributed by atoms with Gasteiger partial charge < -0.3 is 25.4 Å². The number of aryl methyl sites for hydroxylation is 2. The molecule has 0 saturated heterocycles. The third-order valence-corrected chi connectivity index (χ3v) is 6.65. The van der Waals surface area contributed by atoms with Crippen LogP contribution in [0.1, 0.15) is 42.5 Å². The predicted molar refractivity (Wildman–Crippen MR) is 142 cm³/mol. The molecule has 2 atom stereocenters. The molecule has 0 radical (unpaired) electrons. The van der Waals surface area contributed by atoms with E-state index in [4.69, 9.17) is 9.72 Å². The number of aliphatic carboxylic acids is 1. The van der Waals surface area contributed by atoms with Crippen LogP contribution in [0.15, 0.2) is 42.5 Å². The number of carbonyl (C=O) groups excluding carboxylic acids is 1. The number of anilines is 1. The van der Waals surface area contributed by atoms with Crippen LogP contribution in [0.4, 0.5) is 10.2 Å². The minimum atomic E-state index is -1.08. The molecular weight excluding hydrogens is 475 g/mol. The molecule has 9 heteroatoms. The molecule has 0 aliphatic carbocycles. The van der Waals surface area contributed by atoms with Crippen LogP contribution < -0.4 is 10.6 Å². The van der Waals surface area contributed by atoms with Crippen molar-refractivity contribution in [1.82, 2.24) is 15.2 Å². The van der Waals surface area contributed by atoms with E-state index >= 15 is 0 Å². The Hall–Kier alpha value is -3.04. The number of carboxylic acid groups (broad SMARTS) is 1. The van der Waals surface area contributed by atoms with Gasteiger partial charge in [-0.3, -0.25) is 4.79 Å². The molecule has 1 amide bonds. The number of hydrogen-bond acceptors (Lipinski definition) is 6. The van der Waals surface area contributed by atoms with Crippen molar-refractivity contribution in [2.75, 3.05) is 45.3 Å². The molecule has 0 saturated carbocycles. The van der Waals surface area contributed by atoms with Crippen LogP contribution in [0, 0.1) is 0 Å². The summed E-state index contributed by atoms with van der Waals surface area (Å²) in [6.45, 7) is 1.78. The number of benzene rings is 1. The highest BCUT2D eigenvalue weighted by molar-refractivity contribution is 5.84. The third kappa shape index (κ3) is 9.74. The molecule has 37 heavy (non-hydrogen) atoms. The fraction of sp³-hybridized carbons (Fsp3) is 0.536. The van der Waals surface area contributed by atoms with Gasteiger partial charge in [0.2, 0.25) is 5.91 Å². The summed E-state index contributed by atoms with van der Waals surface area (Å²) in [6.07, 6.45) is 4.55. The Balaban J connectivity index is 1.50. The van der Waals surface area contributed by atoms with Gasteiger partial charge in [-0.05, 0) is 62.3 Å². The Kier molecular flexibility index (Phi) is 11.8. The fourth-order valence-electron chi connectivity index (χ4n) is 4.51. The maximum Gasteiger partial charge on any atom is 0.326 e. The van der Waals surface area contributed by atoms with Gasteiger partial charge in [-0.1, -0.05) is 36.4 Å². The molecule has 202 valence electrons. The van der Waals surface area contributed by atoms with E-state index in [1.807, 2.05) is 35.2 Å². The van der Waals surface area contributed by atoms with Crippen molar-refractivity contribution in [2.45, 2.75) is 57.1 Å². The molecule has 1 aliphatic rings. The normalized spacial score (nSPS) is 14.5. The second-order valence-electron chi connectivity index (χ2n) is 9.52. The number of unbranched alkanes of at least 4 members (excludes halogenated alkanes) is 1. The van der Waals surface area contributed by atoms with Gasteiger partial charge in [0.05, 0.1) is 12.5 Å². The first-order valence-corrected chi connectivity index (χ1v) is 13.1. The fourth-order valence-corrected chi connectivity index (χ4v) is 4.51. The number of pyridine rings is 1. The molecule has 0 spiro atoms. The number of nitrogens with one attached hydrogen (secondary N) is 2. The average molecular weight is 515 g/mol. The van der Waals surface area contributed by atoms with Crippen molar-refractivity contribution >= 4 is 17.7 Å². The Bertz CT molecular complexity index is 987. The molecule has 8 nitrogen and oxygen atoms in total. The first kappa shape index (κ1) is 28.5. The van der Waals surface area contributed by atoms with E-state index in [-0.39, 0.29) is 18.7 Å². The monoisotopic (exact) mass is 514 g/mol. The standard InChI is InChI=1S/C28H39FN4O4/c1-37-24(19-29)20-33(16-6-5-11-23-13-12-22-10-7-15-30-27(22)31-23)17-14-25(28(35)36)32-26(34)18-21-8-3-2-4-9-21/h2-4,8-9,12-13,24-25H,5-7,10-11,14-20H2,1H3,(H,30,31)(H,32,34)(H,35,36). The first-order chi connectivity index (χ1) is 18.0. The van der Waals surface area contributed by atoms with E-state index in [0.717, 1.165) is 55.7 Å². The maximum atomic E-state index is 13.4. The second-order valence-corrected chi connectivity index (χ2v) is 9.52. The highest BCUT2D eigenvalue weighted by Gasteiger charge is 2.22. The smallest absolute Gasteiger partial charge is 0.326 e. The summed E-state index contributed by atoms with van der Waals surface area (Å²) in [4.78, 5) is 31.0. The molecule has 1 aromatic heterocycles. The van der Waals surface area contributed by atoms with Gasteiger partial charge in [0.25, 0.3) is 0 Å². The number of carbonyl (C=O) groups is 2. The van der Waals surface area contributed by atoms with Gasteiger partial charge in [-0.15, -0.1) is 0 Å². The number of carboxylic acids is 1. The van der Waals surface area contributed by atoms with Gasteiger partial charge in [0, 0.05) is 32.4 Å². The largest absolute Gasteiger partial charge is 0.480 e. The predicted octanol–water partition coefficient (Wildman–Crippen LogP) is 3.25. The van der Waals surface area contributed by atoms with E-state index in [2.05, 4.69) is 22.8 Å². The molecule has 3 N–H and O–H groups in total. The summed E-state index contributed by atoms with van der Waals surface area (Å²) < 4.78 is 18.6. The second kappa shape index (κ2) is 15.3. The zero-order valence-corrected chi connectivity index (χ0v) is 21.6. The van der Waals surface area contributed by atoms with E-state index in [1.165, 1.54) is 12.7 Å². The van der Waals surface area contributed by atoms with Crippen LogP contribution in [-0.2, 0) is 33.6 Å². The van der Waals surface area contributed by atoms with Crippen LogP contribution in [0.25, 0.3) is 0 Å². The van der Waals surface area contributed by atoms with Crippen LogP contribution in [0.5, 0.6) is 0 Å². The Morgan fingerprint density at radius 3 is 2.73 bits per heavy atom. The molecule has 1 aromatic carbocycles. The zero-order chi connectivity index (χ0) is 26.5. The lowest BCUT2D eigenvalue weighted by Gasteiger charge is -2.27. The minimum absolute atomic E-state index is 0.119. The van der Waals surface area contributed by atoms with Crippen LogP contribution in [-0.4, -0.2) is 79.0 Å². The van der Waals surface area contributed by atoms with E-state index in [0.29, 0.717) is 19.6 Å². The molecule has 0 fully saturated rings. The summed E-state index contributed by atoms with van der Waals surface area (Å²) in [5.41, 5.74) is 3.13. The minimum Gasteiger partial charge on any atom is -0.480 e. The number of aromatic nitrogens is 1. The highest BCUT2D eigenvalue weighted by atomic mass is 19.1. The topological polar surface area (TPSA) is 104 Å². The van der Waals surface area contributed by atoms with Gasteiger partial charge in [-0.25, -0.2) is 14.2 Å². The Morgan fingerprint density at radius 2 is 2.00 bits per heavy atom. The Morgan fingerprint density at radius 1 is 1.19 bits per heavy atom. The van der Waals surface area contributed by atoms with Crippen molar-refractivity contribution in [2.24, 2.45) is 0 Å². The summed E-state index contributed by atoms with van der Waals surface area (Å²) in [6, 6.07) is 12.4. The summed E-state index contributed by atoms with van der Waals surface area (Å²) in [7, 11) is 1.47. The maximum absolute atomic E-state index is 13.4. The van der Waals surface area contributed by atoms with Crippen LogP contribution in [0.2, 0.25) is 0 Å². The molecule has 3 rings (SSSR count). The quantitative estimate of drug-likeness (QED) is 0.296. The van der Waals surface area contributed by atoms with E-state index < -0.39 is 24.8 Å². The lowest BCUT2D eigenvalue weighted by molar-refractivity contribution is -0.142. The van der Waals surface area contributed by atoms with Crippen LogP contribution in [0.3, 0.4) is 0 Å². The molecule has 1 aliphatic heterocycles. The number of rotatable bonds is 16. The lowest BCUT2D eigenvalue weighted by atomic mass is 10.1. The van der Waals surface area contributed by atoms with E-state index in [9.17, 15) is 19.1 Å². The van der Waals surface area contributed by atoms with E-state index in [1.54, 1.807) is 0 Å². The number of fused-ring (bicyclic) bond motifs is 1. The number of halogens is 1. The van der Waals surface area contributed by atoms with Gasteiger partial charge in [0.1, 0.15) is 18.5 Å². The number of alkyl halides is 1. The lowest BCUT2D eigenvalue weighted by Crippen LogP contribution is -2.45. The molecule has 2 unspecified atom stereocenters. The highest BCUT2D eigenvalue weighted by Crippen LogP contribution is 2.20. The van der Waals surface area contributed by atoms with Crippen molar-refractivity contribution in [3.8, 4) is 0 Å². The van der Waals surface area contributed by atoms with Crippen molar-refractivity contribution in [3.05, 3.63) is 59.3 Å². The van der Waals surface area contributed by atoms with Crippen molar-refractivity contribution < 1.29 is 23.8 Å². The number of amides is 1. The molecule has 2 heterocycles. The van der Waals surface area contributed by atoms with Gasteiger partial charge in [0.15, 0.2) is 0 Å². The Labute approximate surface area is 218 Å². The zero-order valence-electron chi connectivity index (χ0n) is 21.6. The van der Waals surface area contributed by atoms with Crippen molar-refractivity contribution in [1.29, 1.82) is 0 Å². The van der Waals surface area contributed by atoms with Crippen molar-refractivity contribution in [3.63, 3.8) is 0 Å². The number of ether oxygens (including phenoxy) is 1. The summed E-state index contributed by atoms with van der Waals surface area (Å²) in [5.74, 6) is -0.428.